The standard InChI is InChI=1S/C13H32N2O7P2/c1-12(2,21-23(14,16)17)8-6-5-7-10-20-11-9-13(3,4)22-24(15,18)19/h5-11H2,1-4H3,(H3,14,16,17)(H3,15,18,19). The van der Waals surface area contributed by atoms with E-state index in [1.807, 2.05) is 0 Å². The third-order valence-electron chi connectivity index (χ3n) is 3.17. The van der Waals surface area contributed by atoms with Gasteiger partial charge in [0.25, 0.3) is 0 Å². The molecular weight excluding hydrogens is 358 g/mol. The van der Waals surface area contributed by atoms with Crippen molar-refractivity contribution < 1.29 is 32.7 Å². The van der Waals surface area contributed by atoms with Gasteiger partial charge in [-0.1, -0.05) is 12.8 Å². The zero-order chi connectivity index (χ0) is 19.1. The molecule has 0 heterocycles. The predicted molar refractivity (Wildman–Crippen MR) is 92.3 cm³/mol. The molecule has 0 aliphatic carbocycles. The first-order valence-electron chi connectivity index (χ1n) is 7.84. The van der Waals surface area contributed by atoms with Crippen molar-refractivity contribution >= 4 is 15.5 Å². The van der Waals surface area contributed by atoms with Crippen LogP contribution in [0.1, 0.15) is 59.8 Å². The molecule has 9 nitrogen and oxygen atoms in total. The highest BCUT2D eigenvalue weighted by molar-refractivity contribution is 7.50. The maximum absolute atomic E-state index is 11.0. The fourth-order valence-electron chi connectivity index (χ4n) is 2.15. The first-order valence-corrected chi connectivity index (χ1v) is 11.1. The first kappa shape index (κ1) is 24.2. The summed E-state index contributed by atoms with van der Waals surface area (Å²) in [7, 11) is -7.97. The fourth-order valence-corrected chi connectivity index (χ4v) is 3.75. The van der Waals surface area contributed by atoms with Crippen LogP contribution < -0.4 is 11.0 Å². The number of ether oxygens (including phenoxy) is 1. The molecule has 2 unspecified atom stereocenters. The van der Waals surface area contributed by atoms with Crippen LogP contribution in [0.3, 0.4) is 0 Å². The molecule has 0 aromatic rings. The van der Waals surface area contributed by atoms with Gasteiger partial charge in [0.1, 0.15) is 0 Å². The molecule has 0 amide bonds. The lowest BCUT2D eigenvalue weighted by molar-refractivity contribution is 0.0373. The van der Waals surface area contributed by atoms with Gasteiger partial charge < -0.3 is 14.5 Å². The molecule has 6 N–H and O–H groups in total. The van der Waals surface area contributed by atoms with E-state index in [9.17, 15) is 9.13 Å². The summed E-state index contributed by atoms with van der Waals surface area (Å²) in [6, 6.07) is 0. The largest absolute Gasteiger partial charge is 0.400 e. The summed E-state index contributed by atoms with van der Waals surface area (Å²) in [5.41, 5.74) is 8.39. The summed E-state index contributed by atoms with van der Waals surface area (Å²) in [6.45, 7) is 7.73. The normalized spacial score (nSPS) is 18.2. The van der Waals surface area contributed by atoms with Crippen LogP contribution >= 0.6 is 15.5 Å². The van der Waals surface area contributed by atoms with Crippen LogP contribution in [-0.2, 0) is 22.9 Å². The van der Waals surface area contributed by atoms with E-state index in [0.29, 0.717) is 26.1 Å². The van der Waals surface area contributed by atoms with Gasteiger partial charge in [0.15, 0.2) is 0 Å². The number of hydrogen-bond donors (Lipinski definition) is 4. The highest BCUT2D eigenvalue weighted by Crippen LogP contribution is 2.40. The molecule has 0 fully saturated rings. The lowest BCUT2D eigenvalue weighted by atomic mass is 10.0. The minimum Gasteiger partial charge on any atom is -0.381 e. The molecule has 0 radical (unpaired) electrons. The van der Waals surface area contributed by atoms with Gasteiger partial charge in [-0.05, 0) is 47.0 Å². The van der Waals surface area contributed by atoms with Gasteiger partial charge in [-0.25, -0.2) is 20.1 Å². The number of unbranched alkanes of at least 4 members (excludes halogenated alkanes) is 2. The van der Waals surface area contributed by atoms with Crippen LogP contribution in [0, 0.1) is 0 Å². The molecule has 0 saturated heterocycles. The summed E-state index contributed by atoms with van der Waals surface area (Å²) in [4.78, 5) is 18.0. The van der Waals surface area contributed by atoms with E-state index >= 15 is 0 Å². The van der Waals surface area contributed by atoms with Crippen molar-refractivity contribution in [3.05, 3.63) is 0 Å². The molecule has 24 heavy (non-hydrogen) atoms. The van der Waals surface area contributed by atoms with Crippen molar-refractivity contribution in [3.63, 3.8) is 0 Å². The summed E-state index contributed by atoms with van der Waals surface area (Å²) >= 11 is 0. The van der Waals surface area contributed by atoms with Gasteiger partial charge in [-0.3, -0.25) is 9.05 Å². The average Bonchev–Trinajstić information content (AvgIpc) is 2.25. The lowest BCUT2D eigenvalue weighted by Crippen LogP contribution is -2.26. The Kier molecular flexibility index (Phi) is 9.83. The Morgan fingerprint density at radius 2 is 1.25 bits per heavy atom. The average molecular weight is 390 g/mol. The molecule has 0 saturated carbocycles. The van der Waals surface area contributed by atoms with Gasteiger partial charge in [-0.15, -0.1) is 0 Å². The van der Waals surface area contributed by atoms with Crippen molar-refractivity contribution in [1.29, 1.82) is 0 Å². The monoisotopic (exact) mass is 390 g/mol. The topological polar surface area (TPSA) is 154 Å². The smallest absolute Gasteiger partial charge is 0.381 e. The van der Waals surface area contributed by atoms with E-state index in [2.05, 4.69) is 0 Å². The Labute approximate surface area is 144 Å². The molecule has 0 bridgehead atoms. The van der Waals surface area contributed by atoms with Crippen LogP contribution in [0.25, 0.3) is 0 Å². The second kappa shape index (κ2) is 9.76. The second-order valence-electron chi connectivity index (χ2n) is 7.00. The number of rotatable bonds is 13. The Morgan fingerprint density at radius 1 is 0.792 bits per heavy atom. The Bertz CT molecular complexity index is 417. The maximum atomic E-state index is 11.0. The molecular formula is C13H32N2O7P2. The van der Waals surface area contributed by atoms with Crippen LogP contribution in [0.15, 0.2) is 0 Å². The van der Waals surface area contributed by atoms with Crippen LogP contribution in [0.5, 0.6) is 0 Å². The minimum absolute atomic E-state index is 0.391. The predicted octanol–water partition coefficient (Wildman–Crippen LogP) is 2.66. The van der Waals surface area contributed by atoms with Crippen LogP contribution in [0.4, 0.5) is 0 Å². The zero-order valence-corrected chi connectivity index (χ0v) is 16.7. The first-order chi connectivity index (χ1) is 10.6. The van der Waals surface area contributed by atoms with Crippen molar-refractivity contribution in [2.45, 2.75) is 71.0 Å². The molecule has 0 aromatic heterocycles. The Balaban J connectivity index is 3.75. The highest BCUT2D eigenvalue weighted by Gasteiger charge is 2.28. The third-order valence-corrected chi connectivity index (χ3v) is 4.68. The number of hydrogen-bond acceptors (Lipinski definition) is 5. The molecule has 2 atom stereocenters. The quantitative estimate of drug-likeness (QED) is 0.274. The van der Waals surface area contributed by atoms with Crippen molar-refractivity contribution in [2.75, 3.05) is 13.2 Å². The van der Waals surface area contributed by atoms with E-state index in [4.69, 9.17) is 34.6 Å². The van der Waals surface area contributed by atoms with Crippen LogP contribution in [-0.4, -0.2) is 34.2 Å². The van der Waals surface area contributed by atoms with E-state index < -0.39 is 26.7 Å². The van der Waals surface area contributed by atoms with E-state index in [-0.39, 0.29) is 0 Å². The molecule has 0 aliphatic rings. The summed E-state index contributed by atoms with van der Waals surface area (Å²) in [5.74, 6) is 0. The van der Waals surface area contributed by atoms with Gasteiger partial charge in [0.05, 0.1) is 11.2 Å². The lowest BCUT2D eigenvalue weighted by Gasteiger charge is -2.26. The summed E-state index contributed by atoms with van der Waals surface area (Å²) in [5, 5.41) is 0. The molecule has 11 heteroatoms. The third kappa shape index (κ3) is 15.7. The molecule has 0 aromatic carbocycles. The molecule has 0 spiro atoms. The number of nitrogens with two attached hydrogens (primary N) is 2. The molecule has 0 rings (SSSR count). The van der Waals surface area contributed by atoms with Gasteiger partial charge in [0, 0.05) is 13.2 Å². The van der Waals surface area contributed by atoms with Crippen LogP contribution in [0.2, 0.25) is 0 Å². The van der Waals surface area contributed by atoms with E-state index in [1.54, 1.807) is 27.7 Å². The molecule has 0 aliphatic heterocycles. The summed E-state index contributed by atoms with van der Waals surface area (Å²) < 4.78 is 37.4. The molecule has 146 valence electrons. The minimum atomic E-state index is -4.00. The van der Waals surface area contributed by atoms with Gasteiger partial charge in [-0.2, -0.15) is 0 Å². The van der Waals surface area contributed by atoms with Crippen molar-refractivity contribution in [1.82, 2.24) is 0 Å². The SMILES string of the molecule is CC(C)(CCCCCOCCC(C)(C)OP(N)(=O)O)OP(N)(=O)O. The Morgan fingerprint density at radius 3 is 1.71 bits per heavy atom. The maximum Gasteiger partial charge on any atom is 0.400 e. The van der Waals surface area contributed by atoms with Gasteiger partial charge >= 0.3 is 15.5 Å². The van der Waals surface area contributed by atoms with Crippen molar-refractivity contribution in [3.8, 4) is 0 Å². The zero-order valence-electron chi connectivity index (χ0n) is 14.9. The second-order valence-corrected chi connectivity index (χ2v) is 9.62. The van der Waals surface area contributed by atoms with E-state index in [0.717, 1.165) is 19.3 Å². The summed E-state index contributed by atoms with van der Waals surface area (Å²) in [6.07, 6.45) is 3.56. The van der Waals surface area contributed by atoms with Crippen molar-refractivity contribution in [2.24, 2.45) is 11.0 Å². The fraction of sp³-hybridized carbons (Fsp3) is 1.00. The van der Waals surface area contributed by atoms with E-state index in [1.165, 1.54) is 0 Å². The van der Waals surface area contributed by atoms with Gasteiger partial charge in [0.2, 0.25) is 0 Å². The Hall–Kier alpha value is 0.180. The highest BCUT2D eigenvalue weighted by atomic mass is 31.2.